The number of aromatic nitrogens is 2. The van der Waals surface area contributed by atoms with E-state index in [-0.39, 0.29) is 5.71 Å². The van der Waals surface area contributed by atoms with E-state index in [0.717, 1.165) is 80.7 Å². The molecule has 1 radical (unpaired) electrons. The van der Waals surface area contributed by atoms with Gasteiger partial charge in [0, 0.05) is 0 Å². The summed E-state index contributed by atoms with van der Waals surface area (Å²) in [6.45, 7) is 0. The molecule has 0 saturated carbocycles. The molecule has 3 aromatic heterocycles. The molecule has 0 atom stereocenters. The van der Waals surface area contributed by atoms with Crippen LogP contribution in [0.4, 0.5) is 32.8 Å². The van der Waals surface area contributed by atoms with Gasteiger partial charge in [-0.05, 0) is 0 Å². The van der Waals surface area contributed by atoms with Crippen LogP contribution in [-0.2, 0) is 0 Å². The number of nitrogens with one attached hydrogen (secondary N) is 1. The summed E-state index contributed by atoms with van der Waals surface area (Å²) in [6, 6.07) is 67.0. The van der Waals surface area contributed by atoms with Crippen LogP contribution in [0, 0.1) is 5.41 Å². The van der Waals surface area contributed by atoms with Gasteiger partial charge in [0.25, 0.3) is 0 Å². The summed E-state index contributed by atoms with van der Waals surface area (Å²) in [7, 11) is 0. The van der Waals surface area contributed by atoms with Gasteiger partial charge in [0.2, 0.25) is 0 Å². The van der Waals surface area contributed by atoms with Crippen molar-refractivity contribution in [2.24, 2.45) is 4.01 Å². The number of nitrogens with zero attached hydrogens (tertiary/aromatic N) is 5. The predicted octanol–water partition coefficient (Wildman–Crippen LogP) is 12.0. The third-order valence-electron chi connectivity index (χ3n) is 11.0. The SMILES string of the molecule is N=C1C(c2ccc(N(c3ccccc3)c3ccccc3)s2)=c2nc3c4ccccc4c4ccccc4c3nc2=C(c2ccc(N(c3ccccc3)c3ccccc3)s2)/C1=N/[Se]. The zero-order valence-corrected chi connectivity index (χ0v) is 35.8. The van der Waals surface area contributed by atoms with E-state index in [1.54, 1.807) is 22.7 Å². The minimum atomic E-state index is 0.289. The fourth-order valence-corrected chi connectivity index (χ4v) is 10.9. The molecule has 289 valence electrons. The second-order valence-electron chi connectivity index (χ2n) is 14.6. The van der Waals surface area contributed by atoms with E-state index in [0.29, 0.717) is 22.0 Å². The van der Waals surface area contributed by atoms with Crippen LogP contribution in [0.1, 0.15) is 9.75 Å². The summed E-state index contributed by atoms with van der Waals surface area (Å²) in [5.41, 5.74) is 8.10. The van der Waals surface area contributed by atoms with Crippen LogP contribution in [-0.4, -0.2) is 37.6 Å². The van der Waals surface area contributed by atoms with Crippen molar-refractivity contribution in [3.8, 4) is 0 Å². The van der Waals surface area contributed by atoms with Crippen molar-refractivity contribution in [1.82, 2.24) is 9.97 Å². The van der Waals surface area contributed by atoms with E-state index in [1.165, 1.54) is 0 Å². The molecule has 61 heavy (non-hydrogen) atoms. The van der Waals surface area contributed by atoms with Gasteiger partial charge < -0.3 is 0 Å². The summed E-state index contributed by atoms with van der Waals surface area (Å²) in [4.78, 5) is 17.6. The minimum absolute atomic E-state index is 0.289. The van der Waals surface area contributed by atoms with Crippen LogP contribution in [0.15, 0.2) is 198 Å². The zero-order chi connectivity index (χ0) is 40.9. The molecule has 10 aromatic rings. The van der Waals surface area contributed by atoms with E-state index >= 15 is 0 Å². The number of hydrogen-bond donors (Lipinski definition) is 1. The number of fused-ring (bicyclic) bond motifs is 7. The van der Waals surface area contributed by atoms with Crippen molar-refractivity contribution in [2.75, 3.05) is 9.80 Å². The standard InChI is InChI=1S/C52H33N6S2Se/c53-47-45(41-29-31-43(59-41)57(33-17-5-1-6-18-33)34-19-7-2-8-20-34)51-52(55-49-40-28-16-14-26-38(40)37-25-13-15-27-39(37)48(49)54-51)46(50(47)56-61)42-30-32-44(60-42)58(35-21-9-3-10-22-35)36-23-11-4-12-24-36/h1-32,53H/b53-47?,56-50-. The van der Waals surface area contributed by atoms with Crippen LogP contribution in [0.3, 0.4) is 0 Å². The molecule has 7 aromatic carbocycles. The third kappa shape index (κ3) is 6.38. The van der Waals surface area contributed by atoms with Crippen molar-refractivity contribution < 1.29 is 0 Å². The second-order valence-corrected chi connectivity index (χ2v) is 17.1. The summed E-state index contributed by atoms with van der Waals surface area (Å²) in [5.74, 6) is 0. The van der Waals surface area contributed by atoms with E-state index in [4.69, 9.17) is 14.0 Å². The first-order valence-electron chi connectivity index (χ1n) is 19.8. The van der Waals surface area contributed by atoms with Gasteiger partial charge in [-0.1, -0.05) is 0 Å². The van der Waals surface area contributed by atoms with Gasteiger partial charge in [-0.25, -0.2) is 0 Å². The fraction of sp³-hybridized carbons (Fsp3) is 0. The molecular weight excluding hydrogens is 852 g/mol. The molecule has 0 fully saturated rings. The Labute approximate surface area is 368 Å². The van der Waals surface area contributed by atoms with Crippen LogP contribution in [0.2, 0.25) is 0 Å². The number of thiophene rings is 2. The van der Waals surface area contributed by atoms with Gasteiger partial charge in [-0.2, -0.15) is 0 Å². The van der Waals surface area contributed by atoms with Crippen LogP contribution in [0.5, 0.6) is 0 Å². The molecular formula is C52H33N6S2Se. The Hall–Kier alpha value is -7.00. The van der Waals surface area contributed by atoms with Crippen LogP contribution < -0.4 is 20.5 Å². The van der Waals surface area contributed by atoms with E-state index in [1.807, 2.05) is 24.3 Å². The van der Waals surface area contributed by atoms with Gasteiger partial charge in [0.15, 0.2) is 0 Å². The summed E-state index contributed by atoms with van der Waals surface area (Å²) in [6.07, 6.45) is 0. The molecule has 11 rings (SSSR count). The molecule has 1 aliphatic carbocycles. The fourth-order valence-electron chi connectivity index (χ4n) is 8.33. The molecule has 1 aliphatic rings. The van der Waals surface area contributed by atoms with Gasteiger partial charge in [0.05, 0.1) is 0 Å². The Kier molecular flexibility index (Phi) is 9.44. The number of anilines is 6. The molecule has 0 unspecified atom stereocenters. The Morgan fingerprint density at radius 1 is 0.410 bits per heavy atom. The van der Waals surface area contributed by atoms with Crippen LogP contribution >= 0.6 is 22.7 Å². The van der Waals surface area contributed by atoms with Gasteiger partial charge >= 0.3 is 371 Å². The van der Waals surface area contributed by atoms with Crippen molar-refractivity contribution in [2.45, 2.75) is 0 Å². The van der Waals surface area contributed by atoms with Crippen molar-refractivity contribution in [1.29, 1.82) is 5.41 Å². The summed E-state index contributed by atoms with van der Waals surface area (Å²) >= 11 is 6.22. The van der Waals surface area contributed by atoms with Gasteiger partial charge in [-0.3, -0.25) is 0 Å². The van der Waals surface area contributed by atoms with E-state index in [2.05, 4.69) is 196 Å². The molecule has 3 heterocycles. The topological polar surface area (TPSA) is 68.5 Å². The molecule has 0 amide bonds. The van der Waals surface area contributed by atoms with Crippen molar-refractivity contribution in [3.05, 3.63) is 215 Å². The molecule has 0 spiro atoms. The quantitative estimate of drug-likeness (QED) is 0.122. The third-order valence-corrected chi connectivity index (χ3v) is 13.6. The second kappa shape index (κ2) is 15.6. The predicted molar refractivity (Wildman–Crippen MR) is 258 cm³/mol. The Morgan fingerprint density at radius 2 is 0.754 bits per heavy atom. The average molecular weight is 885 g/mol. The maximum atomic E-state index is 10.1. The molecule has 0 aliphatic heterocycles. The Morgan fingerprint density at radius 3 is 1.15 bits per heavy atom. The molecule has 6 nitrogen and oxygen atoms in total. The monoisotopic (exact) mass is 885 g/mol. The van der Waals surface area contributed by atoms with Gasteiger partial charge in [-0.15, -0.1) is 0 Å². The normalized spacial score (nSPS) is 13.3. The maximum absolute atomic E-state index is 10.1. The van der Waals surface area contributed by atoms with E-state index < -0.39 is 0 Å². The Bertz CT molecular complexity index is 3380. The molecule has 9 heteroatoms. The van der Waals surface area contributed by atoms with Gasteiger partial charge in [0.1, 0.15) is 0 Å². The summed E-state index contributed by atoms with van der Waals surface area (Å²) < 4.78 is 4.79. The van der Waals surface area contributed by atoms with Crippen molar-refractivity contribution in [3.63, 3.8) is 0 Å². The average Bonchev–Trinajstić information content (AvgIpc) is 4.01. The number of hydrogen-bond acceptors (Lipinski definition) is 8. The first kappa shape index (κ1) is 37.0. The van der Waals surface area contributed by atoms with E-state index in [9.17, 15) is 5.41 Å². The first-order chi connectivity index (χ1) is 30.2. The summed E-state index contributed by atoms with van der Waals surface area (Å²) in [5, 5.41) is 17.8. The van der Waals surface area contributed by atoms with Crippen molar-refractivity contribution >= 4 is 127 Å². The first-order valence-corrected chi connectivity index (χ1v) is 22.2. The number of benzene rings is 7. The number of rotatable bonds is 8. The number of para-hydroxylation sites is 4. The Balaban J connectivity index is 1.22. The van der Waals surface area contributed by atoms with Crippen LogP contribution in [0.25, 0.3) is 43.7 Å². The molecule has 0 saturated heterocycles. The molecule has 0 bridgehead atoms. The zero-order valence-electron chi connectivity index (χ0n) is 32.4. The molecule has 1 N–H and O–H groups in total.